The van der Waals surface area contributed by atoms with Crippen LogP contribution in [0.4, 0.5) is 33.1 Å². The first-order valence-corrected chi connectivity index (χ1v) is 45.9. The highest BCUT2D eigenvalue weighted by Crippen LogP contribution is 2.43. The van der Waals surface area contributed by atoms with Crippen LogP contribution in [0.1, 0.15) is 157 Å². The molecule has 36 nitrogen and oxygen atoms in total. The van der Waals surface area contributed by atoms with Crippen LogP contribution >= 0.6 is 23.5 Å². The summed E-state index contributed by atoms with van der Waals surface area (Å²) in [5.74, 6) is 10.8. The Morgan fingerprint density at radius 3 is 1.48 bits per heavy atom. The molecule has 2 aromatic carbocycles. The van der Waals surface area contributed by atoms with Crippen molar-refractivity contribution >= 4 is 105 Å². The minimum atomic E-state index is -0.562. The number of nitrogens with two attached hydrogens (primary N) is 1. The first kappa shape index (κ1) is 98.4. The molecule has 124 heavy (non-hydrogen) atoms. The molecule has 4 aromatic rings. The van der Waals surface area contributed by atoms with E-state index in [2.05, 4.69) is 63.0 Å². The van der Waals surface area contributed by atoms with E-state index >= 15 is 0 Å². The van der Waals surface area contributed by atoms with E-state index in [0.29, 0.717) is 217 Å². The fourth-order valence-electron chi connectivity index (χ4n) is 16.0. The number of thioether (sulfide) groups is 2. The van der Waals surface area contributed by atoms with Gasteiger partial charge in [0.1, 0.15) is 36.1 Å². The Balaban J connectivity index is 0.000000233. The Bertz CT molecular complexity index is 4210. The highest BCUT2D eigenvalue weighted by molar-refractivity contribution is 8.00. The van der Waals surface area contributed by atoms with Crippen molar-refractivity contribution in [1.82, 2.24) is 62.5 Å². The molecule has 0 spiro atoms. The summed E-state index contributed by atoms with van der Waals surface area (Å²) < 4.78 is 56.2. The summed E-state index contributed by atoms with van der Waals surface area (Å²) >= 11 is 3.92. The SMILES string of the molecule is C#CCOc1cc2nc(N3CCCC3)nc(N[C@@H]3CCCN(C(=O)OC(C)(C)C)C3)c2cc1OC.COc1cc2c(N[C@@H]3CCCN(C(=O)OC(C)(C)C)C3)nc(N3CCCC3)nc2cc1OC/C(N)=C/NCCOCCOCCNC(=O)CCCC[C@@H]1SC[C@@H]2NC(=O)C[C@@H]21.N.[N-]=[N+]=NCCOCCOCCNC(=O)CCCC[C@@H]1SC[C@@H]2NC(=O)C[C@@H]21. The number of benzene rings is 2. The average molecular weight is 1770 g/mol. The molecule has 38 heteroatoms. The number of azide groups is 1. The standard InChI is InChI=1S/C43H67N9O8S.C26H35N5O4.C17H29N5O4S.H3N/c1-43(2,3)60-42(55)52-17-9-10-30(26-52)47-40-32-22-35(56-4)36(24-33(32)49-41(50-40)51-15-7-8-16-51)59-27-29(44)25-45-13-18-57-20-21-58-19-14-46-38(53)12-6-5-11-37-31-23-39(54)48-34(31)28-61-37;1-6-14-34-22-16-20-19(15-21(22)33-5)23(29-24(28-20)30-11-7-8-12-30)27-18-10-9-13-31(17-18)25(32)35-26(2,3)4;18-22-20-6-8-26-10-9-25-7-5-19-16(23)4-2-1-3-15-13-11-17(24)21-14(13)12-27-15;/h22,24-25,30-31,34,37,45H,5-21,23,26-28,44H2,1-4H3,(H,46,53)(H,48,54)(H,47,49,50);1,15-16,18H,7-14,17H2,2-5H3,(H,27,28,29);13-15H,1-12H2,(H,19,23)(H,21,24);1H3/b29-25-;;;/t30-,31+,34+,37+;18-;13-,14-,15-;/m110./s1. The predicted molar refractivity (Wildman–Crippen MR) is 482 cm³/mol. The molecule has 8 atom stereocenters. The fourth-order valence-corrected chi connectivity index (χ4v) is 19.3. The molecule has 0 aliphatic carbocycles. The van der Waals surface area contributed by atoms with Crippen molar-refractivity contribution in [3.63, 3.8) is 0 Å². The van der Waals surface area contributed by atoms with Crippen LogP contribution < -0.4 is 77.8 Å². The van der Waals surface area contributed by atoms with E-state index in [9.17, 15) is 28.8 Å². The number of nitrogens with one attached hydrogen (secondary N) is 7. The number of aromatic nitrogens is 4. The maximum absolute atomic E-state index is 12.9. The highest BCUT2D eigenvalue weighted by Gasteiger charge is 2.44. The van der Waals surface area contributed by atoms with Crippen LogP contribution in [0.2, 0.25) is 0 Å². The number of carbonyl (C=O) groups is 6. The molecule has 8 aliphatic heterocycles. The Kier molecular flexibility index (Phi) is 40.3. The second kappa shape index (κ2) is 50.7. The summed E-state index contributed by atoms with van der Waals surface area (Å²) in [7, 11) is 3.19. The number of carbonyl (C=O) groups excluding carboxylic acids is 6. The Morgan fingerprint density at radius 1 is 0.605 bits per heavy atom. The van der Waals surface area contributed by atoms with Gasteiger partial charge in [0.15, 0.2) is 23.0 Å². The molecule has 8 fully saturated rings. The monoisotopic (exact) mass is 1770 g/mol. The molecule has 10 heterocycles. The van der Waals surface area contributed by atoms with E-state index in [1.165, 1.54) is 0 Å². The molecule has 8 saturated heterocycles. The van der Waals surface area contributed by atoms with Gasteiger partial charge in [-0.1, -0.05) is 23.9 Å². The van der Waals surface area contributed by atoms with Crippen molar-refractivity contribution in [3.05, 3.63) is 46.6 Å². The van der Waals surface area contributed by atoms with Crippen molar-refractivity contribution in [2.75, 3.05) is 191 Å². The second-order valence-corrected chi connectivity index (χ2v) is 36.4. The van der Waals surface area contributed by atoms with Crippen LogP contribution in [0.3, 0.4) is 0 Å². The van der Waals surface area contributed by atoms with Gasteiger partial charge in [-0.25, -0.2) is 19.6 Å². The third-order valence-corrected chi connectivity index (χ3v) is 25.1. The topological polar surface area (TPSA) is 453 Å². The molecular formula is C86H134N20O16S2. The number of anilines is 4. The molecular weight excluding hydrogens is 1630 g/mol. The van der Waals surface area contributed by atoms with Crippen LogP contribution in [-0.4, -0.2) is 282 Å². The van der Waals surface area contributed by atoms with Crippen LogP contribution in [0, 0.1) is 24.2 Å². The van der Waals surface area contributed by atoms with Gasteiger partial charge in [-0.3, -0.25) is 19.2 Å². The third kappa shape index (κ3) is 31.9. The lowest BCUT2D eigenvalue weighted by molar-refractivity contribution is -0.122. The molecule has 0 saturated carbocycles. The van der Waals surface area contributed by atoms with Gasteiger partial charge < -0.3 is 116 Å². The number of hydrogen-bond acceptors (Lipinski definition) is 30. The molecule has 12 N–H and O–H groups in total. The van der Waals surface area contributed by atoms with Crippen molar-refractivity contribution in [2.24, 2.45) is 22.7 Å². The number of likely N-dealkylation sites (tertiary alicyclic amines) is 2. The van der Waals surface area contributed by atoms with Gasteiger partial charge in [0, 0.05) is 196 Å². The number of fused-ring (bicyclic) bond motifs is 4. The molecule has 6 amide bonds. The summed E-state index contributed by atoms with van der Waals surface area (Å²) in [6.07, 6.45) is 22.7. The smallest absolute Gasteiger partial charge is 0.410 e. The molecule has 2 aromatic heterocycles. The largest absolute Gasteiger partial charge is 0.493 e. The van der Waals surface area contributed by atoms with Gasteiger partial charge in [-0.15, -0.1) is 6.42 Å². The van der Waals surface area contributed by atoms with Gasteiger partial charge >= 0.3 is 12.2 Å². The van der Waals surface area contributed by atoms with Crippen LogP contribution in [0.5, 0.6) is 23.0 Å². The lowest BCUT2D eigenvalue weighted by Gasteiger charge is -2.34. The van der Waals surface area contributed by atoms with Gasteiger partial charge in [-0.05, 0) is 136 Å². The number of terminal acetylenes is 1. The lowest BCUT2D eigenvalue weighted by atomic mass is 9.94. The number of piperidine rings is 2. The first-order valence-electron chi connectivity index (χ1n) is 43.8. The van der Waals surface area contributed by atoms with Gasteiger partial charge in [0.25, 0.3) is 0 Å². The average Bonchev–Trinajstić information content (AvgIpc) is 1.16. The number of methoxy groups -OCH3 is 2. The summed E-state index contributed by atoms with van der Waals surface area (Å²) in [5, 5.41) is 28.3. The zero-order chi connectivity index (χ0) is 87.5. The van der Waals surface area contributed by atoms with E-state index in [0.717, 1.165) is 150 Å². The maximum atomic E-state index is 12.9. The molecule has 12 rings (SSSR count). The van der Waals surface area contributed by atoms with Crippen LogP contribution in [0.15, 0.2) is 41.3 Å². The zero-order valence-corrected chi connectivity index (χ0v) is 75.5. The molecule has 8 aliphatic rings. The minimum Gasteiger partial charge on any atom is -0.493 e. The number of nitrogens with zero attached hydrogens (tertiary/aromatic N) is 11. The van der Waals surface area contributed by atoms with Crippen molar-refractivity contribution < 1.29 is 76.1 Å². The van der Waals surface area contributed by atoms with E-state index in [-0.39, 0.29) is 67.3 Å². The number of unbranched alkanes of at least 4 members (excludes halogenated alkanes) is 2. The lowest BCUT2D eigenvalue weighted by Crippen LogP contribution is -2.47. The van der Waals surface area contributed by atoms with Crippen molar-refractivity contribution in [1.29, 1.82) is 0 Å². The zero-order valence-electron chi connectivity index (χ0n) is 73.8. The molecule has 0 unspecified atom stereocenters. The number of ether oxygens (including phenoxy) is 10. The molecule has 686 valence electrons. The van der Waals surface area contributed by atoms with Gasteiger partial charge in [-0.2, -0.15) is 33.5 Å². The number of hydrogen-bond donors (Lipinski definition) is 9. The number of amides is 6. The van der Waals surface area contributed by atoms with Crippen molar-refractivity contribution in [3.8, 4) is 35.3 Å². The minimum absolute atomic E-state index is 0. The van der Waals surface area contributed by atoms with E-state index in [1.807, 2.05) is 89.3 Å². The van der Waals surface area contributed by atoms with Crippen LogP contribution in [-0.2, 0) is 47.6 Å². The summed E-state index contributed by atoms with van der Waals surface area (Å²) in [5.41, 5.74) is 15.2. The van der Waals surface area contributed by atoms with Gasteiger partial charge in [0.2, 0.25) is 35.5 Å². The first-order chi connectivity index (χ1) is 59.4. The Morgan fingerprint density at radius 2 is 1.05 bits per heavy atom. The highest BCUT2D eigenvalue weighted by atomic mass is 32.2. The molecule has 0 radical (unpaired) electrons. The van der Waals surface area contributed by atoms with E-state index in [1.54, 1.807) is 30.2 Å². The normalized spacial score (nSPS) is 20.9. The van der Waals surface area contributed by atoms with E-state index in [4.69, 9.17) is 85.0 Å². The maximum Gasteiger partial charge on any atom is 0.410 e. The Hall–Kier alpha value is -9.35. The van der Waals surface area contributed by atoms with Crippen LogP contribution in [0.25, 0.3) is 32.2 Å². The quantitative estimate of drug-likeness (QED) is 0.00654. The molecule has 0 bridgehead atoms. The summed E-state index contributed by atoms with van der Waals surface area (Å²) in [6, 6.07) is 8.21. The Labute approximate surface area is 737 Å². The fraction of sp³-hybridized carbons (Fsp3) is 0.698. The van der Waals surface area contributed by atoms with E-state index < -0.39 is 11.2 Å². The summed E-state index contributed by atoms with van der Waals surface area (Å²) in [4.78, 5) is 103. The number of rotatable bonds is 42. The van der Waals surface area contributed by atoms with Gasteiger partial charge in [0.05, 0.1) is 83.8 Å². The third-order valence-electron chi connectivity index (χ3n) is 22.0. The van der Waals surface area contributed by atoms with Crippen molar-refractivity contribution in [2.45, 2.75) is 203 Å². The second-order valence-electron chi connectivity index (χ2n) is 33.9. The predicted octanol–water partition coefficient (Wildman–Crippen LogP) is 10.00. The summed E-state index contributed by atoms with van der Waals surface area (Å²) in [6.45, 7) is 22.9.